The zero-order valence-electron chi connectivity index (χ0n) is 9.84. The van der Waals surface area contributed by atoms with Crippen molar-refractivity contribution in [1.82, 2.24) is 0 Å². The van der Waals surface area contributed by atoms with E-state index < -0.39 is 11.7 Å². The number of alkyl halides is 3. The van der Waals surface area contributed by atoms with Crippen LogP contribution in [0.15, 0.2) is 40.9 Å². The molecule has 2 aromatic carbocycles. The average molecular weight is 367 g/mol. The second kappa shape index (κ2) is 5.54. The SMILES string of the molecule is Nc1cc(Oc2ccc(Br)cc2Cl)cc(C(F)(F)F)c1. The Bertz CT molecular complexity index is 646. The van der Waals surface area contributed by atoms with Gasteiger partial charge in [0, 0.05) is 16.2 Å². The highest BCUT2D eigenvalue weighted by atomic mass is 79.9. The lowest BCUT2D eigenvalue weighted by Crippen LogP contribution is -2.06. The number of hydrogen-bond donors (Lipinski definition) is 1. The summed E-state index contributed by atoms with van der Waals surface area (Å²) in [6.45, 7) is 0. The Morgan fingerprint density at radius 1 is 1.10 bits per heavy atom. The summed E-state index contributed by atoms with van der Waals surface area (Å²) >= 11 is 9.16. The molecule has 2 aromatic rings. The summed E-state index contributed by atoms with van der Waals surface area (Å²) < 4.78 is 44.1. The molecule has 0 radical (unpaired) electrons. The molecule has 0 aliphatic carbocycles. The predicted molar refractivity (Wildman–Crippen MR) is 75.1 cm³/mol. The van der Waals surface area contributed by atoms with Gasteiger partial charge in [-0.2, -0.15) is 13.2 Å². The van der Waals surface area contributed by atoms with Crippen LogP contribution in [0.4, 0.5) is 18.9 Å². The average Bonchev–Trinajstić information content (AvgIpc) is 2.31. The minimum Gasteiger partial charge on any atom is -0.456 e. The quantitative estimate of drug-likeness (QED) is 0.713. The van der Waals surface area contributed by atoms with Crippen LogP contribution in [0, 0.1) is 0 Å². The maximum absolute atomic E-state index is 12.7. The van der Waals surface area contributed by atoms with Crippen LogP contribution < -0.4 is 10.5 Å². The molecule has 0 aliphatic heterocycles. The fraction of sp³-hybridized carbons (Fsp3) is 0.0769. The van der Waals surface area contributed by atoms with Crippen molar-refractivity contribution in [2.75, 3.05) is 5.73 Å². The number of rotatable bonds is 2. The highest BCUT2D eigenvalue weighted by Crippen LogP contribution is 2.36. The van der Waals surface area contributed by atoms with Crippen LogP contribution >= 0.6 is 27.5 Å². The van der Waals surface area contributed by atoms with Crippen LogP contribution in [-0.4, -0.2) is 0 Å². The Labute approximate surface area is 126 Å². The topological polar surface area (TPSA) is 35.2 Å². The van der Waals surface area contributed by atoms with Crippen LogP contribution in [0.25, 0.3) is 0 Å². The number of nitrogen functional groups attached to an aromatic ring is 1. The first-order valence-electron chi connectivity index (χ1n) is 5.36. The van der Waals surface area contributed by atoms with Crippen molar-refractivity contribution >= 4 is 33.2 Å². The van der Waals surface area contributed by atoms with E-state index in [1.54, 1.807) is 18.2 Å². The number of benzene rings is 2. The van der Waals surface area contributed by atoms with E-state index in [4.69, 9.17) is 22.1 Å². The predicted octanol–water partition coefficient (Wildman–Crippen LogP) is 5.50. The summed E-state index contributed by atoms with van der Waals surface area (Å²) in [4.78, 5) is 0. The largest absolute Gasteiger partial charge is 0.456 e. The minimum absolute atomic E-state index is 0.0263. The Kier molecular flexibility index (Phi) is 4.15. The molecular weight excluding hydrogens is 358 g/mol. The molecule has 2 rings (SSSR count). The van der Waals surface area contributed by atoms with Gasteiger partial charge in [0.05, 0.1) is 10.6 Å². The van der Waals surface area contributed by atoms with Gasteiger partial charge in [0.25, 0.3) is 0 Å². The van der Waals surface area contributed by atoms with E-state index >= 15 is 0 Å². The molecule has 0 fully saturated rings. The number of nitrogens with two attached hydrogens (primary N) is 1. The van der Waals surface area contributed by atoms with E-state index in [0.29, 0.717) is 0 Å². The molecule has 2 N–H and O–H groups in total. The highest BCUT2D eigenvalue weighted by Gasteiger charge is 2.31. The Hall–Kier alpha value is -1.40. The van der Waals surface area contributed by atoms with Gasteiger partial charge in [0.15, 0.2) is 0 Å². The molecule has 0 heterocycles. The minimum atomic E-state index is -4.49. The Morgan fingerprint density at radius 2 is 1.80 bits per heavy atom. The van der Waals surface area contributed by atoms with Gasteiger partial charge in [-0.25, -0.2) is 0 Å². The highest BCUT2D eigenvalue weighted by molar-refractivity contribution is 9.10. The van der Waals surface area contributed by atoms with Crippen molar-refractivity contribution in [2.24, 2.45) is 0 Å². The number of halogens is 5. The second-order valence-electron chi connectivity index (χ2n) is 3.97. The fourth-order valence-corrected chi connectivity index (χ4v) is 2.24. The molecule has 106 valence electrons. The van der Waals surface area contributed by atoms with Crippen molar-refractivity contribution in [3.05, 3.63) is 51.5 Å². The van der Waals surface area contributed by atoms with Crippen LogP contribution in [-0.2, 0) is 6.18 Å². The third-order valence-corrected chi connectivity index (χ3v) is 3.17. The lowest BCUT2D eigenvalue weighted by atomic mass is 10.2. The number of anilines is 1. The molecule has 20 heavy (non-hydrogen) atoms. The molecule has 0 amide bonds. The summed E-state index contributed by atoms with van der Waals surface area (Å²) in [5.74, 6) is 0.218. The van der Waals surface area contributed by atoms with Crippen molar-refractivity contribution < 1.29 is 17.9 Å². The van der Waals surface area contributed by atoms with E-state index in [-0.39, 0.29) is 22.2 Å². The van der Waals surface area contributed by atoms with Crippen LogP contribution in [0.1, 0.15) is 5.56 Å². The van der Waals surface area contributed by atoms with Crippen molar-refractivity contribution in [2.45, 2.75) is 6.18 Å². The van der Waals surface area contributed by atoms with E-state index in [9.17, 15) is 13.2 Å². The van der Waals surface area contributed by atoms with E-state index in [1.807, 2.05) is 0 Å². The normalized spacial score (nSPS) is 11.4. The molecule has 0 spiro atoms. The molecule has 0 saturated heterocycles. The van der Waals surface area contributed by atoms with Gasteiger partial charge in [-0.05, 0) is 30.3 Å². The van der Waals surface area contributed by atoms with E-state index in [1.165, 1.54) is 6.07 Å². The van der Waals surface area contributed by atoms with E-state index in [0.717, 1.165) is 16.6 Å². The molecule has 0 aromatic heterocycles. The molecule has 0 saturated carbocycles. The monoisotopic (exact) mass is 365 g/mol. The van der Waals surface area contributed by atoms with Crippen molar-refractivity contribution in [3.63, 3.8) is 0 Å². The number of ether oxygens (including phenoxy) is 1. The van der Waals surface area contributed by atoms with Crippen LogP contribution in [0.3, 0.4) is 0 Å². The second-order valence-corrected chi connectivity index (χ2v) is 5.29. The first kappa shape index (κ1) is 15.0. The smallest absolute Gasteiger partial charge is 0.416 e. The fourth-order valence-electron chi connectivity index (χ4n) is 1.53. The molecule has 2 nitrogen and oxygen atoms in total. The molecule has 7 heteroatoms. The van der Waals surface area contributed by atoms with Gasteiger partial charge < -0.3 is 10.5 Å². The molecular formula is C13H8BrClF3NO. The maximum Gasteiger partial charge on any atom is 0.416 e. The van der Waals surface area contributed by atoms with E-state index in [2.05, 4.69) is 15.9 Å². The summed E-state index contributed by atoms with van der Waals surface area (Å²) in [5, 5.41) is 0.273. The standard InChI is InChI=1S/C13H8BrClF3NO/c14-8-1-2-12(11(15)5-8)20-10-4-7(13(16,17)18)3-9(19)6-10/h1-6H,19H2. The lowest BCUT2D eigenvalue weighted by molar-refractivity contribution is -0.137. The third kappa shape index (κ3) is 3.58. The molecule has 0 aliphatic rings. The number of hydrogen-bond acceptors (Lipinski definition) is 2. The maximum atomic E-state index is 12.7. The van der Waals surface area contributed by atoms with Gasteiger partial charge >= 0.3 is 6.18 Å². The summed E-state index contributed by atoms with van der Waals surface area (Å²) in [6, 6.07) is 7.80. The Balaban J connectivity index is 2.36. The zero-order chi connectivity index (χ0) is 14.9. The van der Waals surface area contributed by atoms with Gasteiger partial charge in [-0.15, -0.1) is 0 Å². The molecule has 0 atom stereocenters. The summed E-state index contributed by atoms with van der Waals surface area (Å²) in [5.41, 5.74) is 4.54. The zero-order valence-corrected chi connectivity index (χ0v) is 12.2. The van der Waals surface area contributed by atoms with Gasteiger partial charge in [0.1, 0.15) is 11.5 Å². The van der Waals surface area contributed by atoms with Gasteiger partial charge in [0.2, 0.25) is 0 Å². The lowest BCUT2D eigenvalue weighted by Gasteiger charge is -2.12. The van der Waals surface area contributed by atoms with Crippen molar-refractivity contribution in [3.8, 4) is 11.5 Å². The van der Waals surface area contributed by atoms with Gasteiger partial charge in [-0.1, -0.05) is 27.5 Å². The first-order chi connectivity index (χ1) is 9.25. The van der Waals surface area contributed by atoms with Crippen LogP contribution in [0.2, 0.25) is 5.02 Å². The summed E-state index contributed by atoms with van der Waals surface area (Å²) in [6.07, 6.45) is -4.49. The van der Waals surface area contributed by atoms with Gasteiger partial charge in [-0.3, -0.25) is 0 Å². The third-order valence-electron chi connectivity index (χ3n) is 2.38. The first-order valence-corrected chi connectivity index (χ1v) is 6.53. The van der Waals surface area contributed by atoms with Crippen molar-refractivity contribution in [1.29, 1.82) is 0 Å². The summed E-state index contributed by atoms with van der Waals surface area (Å²) in [7, 11) is 0. The Morgan fingerprint density at radius 3 is 2.40 bits per heavy atom. The molecule has 0 bridgehead atoms. The molecule has 0 unspecified atom stereocenters. The van der Waals surface area contributed by atoms with Crippen LogP contribution in [0.5, 0.6) is 11.5 Å².